The van der Waals surface area contributed by atoms with E-state index >= 15 is 0 Å². The van der Waals surface area contributed by atoms with E-state index in [1.54, 1.807) is 18.2 Å². The molecule has 0 saturated heterocycles. The van der Waals surface area contributed by atoms with Gasteiger partial charge in [-0.15, -0.1) is 0 Å². The fourth-order valence-corrected chi connectivity index (χ4v) is 3.09. The molecule has 3 rings (SSSR count). The van der Waals surface area contributed by atoms with Crippen molar-refractivity contribution < 1.29 is 38.0 Å². The molecule has 0 aliphatic carbocycles. The van der Waals surface area contributed by atoms with Crippen LogP contribution in [0.4, 0.5) is 0 Å². The topological polar surface area (TPSA) is 89.5 Å². The van der Waals surface area contributed by atoms with Gasteiger partial charge in [-0.25, -0.2) is 9.59 Å². The average molecular weight is 473 g/mol. The first-order valence-corrected chi connectivity index (χ1v) is 9.96. The molecule has 0 bridgehead atoms. The zero-order valence-electron chi connectivity index (χ0n) is 18.3. The first-order valence-electron chi connectivity index (χ1n) is 9.58. The Balaban J connectivity index is 1.72. The number of esters is 2. The van der Waals surface area contributed by atoms with Crippen LogP contribution >= 0.6 is 11.6 Å². The lowest BCUT2D eigenvalue weighted by atomic mass is 10.2. The van der Waals surface area contributed by atoms with Gasteiger partial charge in [0, 0.05) is 6.07 Å². The molecule has 0 N–H and O–H groups in total. The van der Waals surface area contributed by atoms with Crippen LogP contribution in [0, 0.1) is 0 Å². The number of benzene rings is 3. The van der Waals surface area contributed by atoms with Crippen LogP contribution in [-0.4, -0.2) is 40.4 Å². The first kappa shape index (κ1) is 23.7. The minimum atomic E-state index is -0.645. The smallest absolute Gasteiger partial charge is 0.343 e. The van der Waals surface area contributed by atoms with E-state index in [1.807, 2.05) is 0 Å². The van der Waals surface area contributed by atoms with Crippen LogP contribution in [0.25, 0.3) is 0 Å². The Morgan fingerprint density at radius 1 is 0.576 bits per heavy atom. The van der Waals surface area contributed by atoms with Crippen LogP contribution < -0.4 is 28.4 Å². The third-order valence-electron chi connectivity index (χ3n) is 4.56. The summed E-state index contributed by atoms with van der Waals surface area (Å²) in [6.07, 6.45) is 0. The first-order chi connectivity index (χ1) is 15.9. The molecule has 3 aromatic carbocycles. The minimum absolute atomic E-state index is 0.0847. The van der Waals surface area contributed by atoms with Crippen molar-refractivity contribution in [2.75, 3.05) is 28.4 Å². The van der Waals surface area contributed by atoms with Crippen molar-refractivity contribution in [3.05, 3.63) is 70.7 Å². The molecular formula is C24H21ClO8. The van der Waals surface area contributed by atoms with Crippen LogP contribution in [0.1, 0.15) is 20.7 Å². The molecule has 0 heterocycles. The summed E-state index contributed by atoms with van der Waals surface area (Å²) in [4.78, 5) is 25.0. The van der Waals surface area contributed by atoms with Crippen molar-refractivity contribution >= 4 is 23.5 Å². The molecule has 0 amide bonds. The number of halogens is 1. The van der Waals surface area contributed by atoms with E-state index in [0.29, 0.717) is 23.0 Å². The molecule has 0 spiro atoms. The van der Waals surface area contributed by atoms with Gasteiger partial charge in [0.1, 0.15) is 11.5 Å². The lowest BCUT2D eigenvalue weighted by molar-refractivity contribution is 0.0719. The van der Waals surface area contributed by atoms with Gasteiger partial charge in [-0.1, -0.05) is 11.6 Å². The normalized spacial score (nSPS) is 10.2. The predicted molar refractivity (Wildman–Crippen MR) is 120 cm³/mol. The standard InChI is InChI=1S/C24H21ClO8/c1-28-19-8-5-14(11-21(19)30-3)23(26)32-16-7-10-18(17(25)13-16)33-24(27)15-6-9-20(29-2)22(12-15)31-4/h5-13H,1-4H3. The van der Waals surface area contributed by atoms with E-state index < -0.39 is 11.9 Å². The third kappa shape index (κ3) is 5.48. The molecule has 172 valence electrons. The van der Waals surface area contributed by atoms with Gasteiger partial charge in [-0.05, 0) is 48.5 Å². The maximum Gasteiger partial charge on any atom is 0.343 e. The van der Waals surface area contributed by atoms with Crippen LogP contribution in [0.5, 0.6) is 34.5 Å². The average Bonchev–Trinajstić information content (AvgIpc) is 2.84. The predicted octanol–water partition coefficient (Wildman–Crippen LogP) is 4.81. The molecule has 0 unspecified atom stereocenters. The summed E-state index contributed by atoms with van der Waals surface area (Å²) in [6, 6.07) is 13.5. The van der Waals surface area contributed by atoms with Gasteiger partial charge in [0.15, 0.2) is 23.0 Å². The molecule has 0 aliphatic rings. The van der Waals surface area contributed by atoms with Crippen LogP contribution in [0.15, 0.2) is 54.6 Å². The van der Waals surface area contributed by atoms with Gasteiger partial charge in [-0.3, -0.25) is 0 Å². The molecule has 0 aromatic heterocycles. The second kappa shape index (κ2) is 10.6. The number of hydrogen-bond donors (Lipinski definition) is 0. The minimum Gasteiger partial charge on any atom is -0.493 e. The van der Waals surface area contributed by atoms with Gasteiger partial charge in [-0.2, -0.15) is 0 Å². The molecule has 8 nitrogen and oxygen atoms in total. The summed E-state index contributed by atoms with van der Waals surface area (Å²) in [5.41, 5.74) is 0.500. The van der Waals surface area contributed by atoms with Gasteiger partial charge in [0.05, 0.1) is 44.6 Å². The molecular weight excluding hydrogens is 452 g/mol. The third-order valence-corrected chi connectivity index (χ3v) is 4.85. The van der Waals surface area contributed by atoms with Crippen molar-refractivity contribution in [1.29, 1.82) is 0 Å². The maximum absolute atomic E-state index is 12.5. The monoisotopic (exact) mass is 472 g/mol. The number of ether oxygens (including phenoxy) is 6. The Morgan fingerprint density at radius 3 is 1.48 bits per heavy atom. The van der Waals surface area contributed by atoms with E-state index in [1.165, 1.54) is 64.8 Å². The van der Waals surface area contributed by atoms with Crippen LogP contribution in [0.3, 0.4) is 0 Å². The molecule has 0 atom stereocenters. The Morgan fingerprint density at radius 2 is 1.03 bits per heavy atom. The number of methoxy groups -OCH3 is 4. The van der Waals surface area contributed by atoms with Crippen LogP contribution in [0.2, 0.25) is 5.02 Å². The Kier molecular flexibility index (Phi) is 7.63. The van der Waals surface area contributed by atoms with Crippen molar-refractivity contribution in [2.24, 2.45) is 0 Å². The van der Waals surface area contributed by atoms with Gasteiger partial charge < -0.3 is 28.4 Å². The summed E-state index contributed by atoms with van der Waals surface area (Å²) in [5, 5.41) is 0.0847. The summed E-state index contributed by atoms with van der Waals surface area (Å²) in [7, 11) is 5.92. The lowest BCUT2D eigenvalue weighted by Gasteiger charge is -2.11. The van der Waals surface area contributed by atoms with Crippen molar-refractivity contribution in [1.82, 2.24) is 0 Å². The van der Waals surface area contributed by atoms with Crippen molar-refractivity contribution in [3.8, 4) is 34.5 Å². The van der Waals surface area contributed by atoms with Gasteiger partial charge in [0.2, 0.25) is 0 Å². The molecule has 0 radical (unpaired) electrons. The highest BCUT2D eigenvalue weighted by atomic mass is 35.5. The largest absolute Gasteiger partial charge is 0.493 e. The molecule has 0 aliphatic heterocycles. The summed E-state index contributed by atoms with van der Waals surface area (Å²) >= 11 is 6.23. The van der Waals surface area contributed by atoms with Crippen LogP contribution in [-0.2, 0) is 0 Å². The second-order valence-corrected chi connectivity index (χ2v) is 6.92. The summed E-state index contributed by atoms with van der Waals surface area (Å²) in [6.45, 7) is 0. The quantitative estimate of drug-likeness (QED) is 0.341. The van der Waals surface area contributed by atoms with E-state index in [9.17, 15) is 9.59 Å². The van der Waals surface area contributed by atoms with Crippen molar-refractivity contribution in [3.63, 3.8) is 0 Å². The van der Waals surface area contributed by atoms with Gasteiger partial charge >= 0.3 is 11.9 Å². The fraction of sp³-hybridized carbons (Fsp3) is 0.167. The Hall–Kier alpha value is -3.91. The number of carbonyl (C=O) groups excluding carboxylic acids is 2. The molecule has 33 heavy (non-hydrogen) atoms. The van der Waals surface area contributed by atoms with Gasteiger partial charge in [0.25, 0.3) is 0 Å². The number of carbonyl (C=O) groups is 2. The highest BCUT2D eigenvalue weighted by molar-refractivity contribution is 6.32. The SMILES string of the molecule is COc1ccc(C(=O)Oc2ccc(OC(=O)c3ccc(OC)c(OC)c3)c(Cl)c2)cc1OC. The summed E-state index contributed by atoms with van der Waals surface area (Å²) in [5.74, 6) is 0.742. The highest BCUT2D eigenvalue weighted by Gasteiger charge is 2.17. The lowest BCUT2D eigenvalue weighted by Crippen LogP contribution is -2.10. The van der Waals surface area contributed by atoms with E-state index in [2.05, 4.69) is 0 Å². The molecule has 9 heteroatoms. The van der Waals surface area contributed by atoms with E-state index in [4.69, 9.17) is 40.0 Å². The highest BCUT2D eigenvalue weighted by Crippen LogP contribution is 2.32. The molecule has 0 fully saturated rings. The van der Waals surface area contributed by atoms with E-state index in [-0.39, 0.29) is 27.6 Å². The number of rotatable bonds is 8. The number of hydrogen-bond acceptors (Lipinski definition) is 8. The zero-order valence-corrected chi connectivity index (χ0v) is 19.1. The Labute approximate surface area is 195 Å². The molecule has 3 aromatic rings. The summed E-state index contributed by atoms with van der Waals surface area (Å²) < 4.78 is 31.4. The van der Waals surface area contributed by atoms with Crippen molar-refractivity contribution in [2.45, 2.75) is 0 Å². The fourth-order valence-electron chi connectivity index (χ4n) is 2.88. The zero-order chi connectivity index (χ0) is 24.0. The van der Waals surface area contributed by atoms with E-state index in [0.717, 1.165) is 0 Å². The molecule has 0 saturated carbocycles. The maximum atomic E-state index is 12.5. The second-order valence-electron chi connectivity index (χ2n) is 6.51. The Bertz CT molecular complexity index is 1180.